The van der Waals surface area contributed by atoms with Crippen molar-refractivity contribution >= 4 is 29.3 Å². The highest BCUT2D eigenvalue weighted by molar-refractivity contribution is 7.99. The van der Waals surface area contributed by atoms with Crippen LogP contribution >= 0.6 is 23.4 Å². The van der Waals surface area contributed by atoms with Crippen molar-refractivity contribution in [3.8, 4) is 0 Å². The Kier molecular flexibility index (Phi) is 6.87. The summed E-state index contributed by atoms with van der Waals surface area (Å²) in [6.07, 6.45) is 3.72. The molecule has 0 spiro atoms. The van der Waals surface area contributed by atoms with E-state index >= 15 is 0 Å². The van der Waals surface area contributed by atoms with Crippen LogP contribution in [0.4, 0.5) is 0 Å². The molecule has 1 aliphatic rings. The Labute approximate surface area is 136 Å². The van der Waals surface area contributed by atoms with Crippen LogP contribution in [0.1, 0.15) is 32.6 Å². The van der Waals surface area contributed by atoms with Crippen molar-refractivity contribution in [3.63, 3.8) is 0 Å². The predicted octanol–water partition coefficient (Wildman–Crippen LogP) is 3.47. The average Bonchev–Trinajstić information content (AvgIpc) is 2.48. The topological polar surface area (TPSA) is 41.1 Å². The van der Waals surface area contributed by atoms with Crippen LogP contribution in [-0.4, -0.2) is 30.3 Å². The van der Waals surface area contributed by atoms with Gasteiger partial charge in [-0.1, -0.05) is 11.6 Å². The highest BCUT2D eigenvalue weighted by Crippen LogP contribution is 2.21. The zero-order valence-corrected chi connectivity index (χ0v) is 14.0. The van der Waals surface area contributed by atoms with Crippen LogP contribution in [0.15, 0.2) is 29.2 Å². The second-order valence-corrected chi connectivity index (χ2v) is 7.07. The van der Waals surface area contributed by atoms with Crippen LogP contribution in [0.25, 0.3) is 0 Å². The van der Waals surface area contributed by atoms with E-state index < -0.39 is 0 Å². The van der Waals surface area contributed by atoms with Crippen LogP contribution in [0.5, 0.6) is 0 Å². The zero-order chi connectivity index (χ0) is 15.1. The van der Waals surface area contributed by atoms with Crippen LogP contribution in [-0.2, 0) is 4.79 Å². The fourth-order valence-corrected chi connectivity index (χ4v) is 3.45. The Hall–Kier alpha value is -0.710. The third kappa shape index (κ3) is 5.89. The molecule has 2 unspecified atom stereocenters. The quantitative estimate of drug-likeness (QED) is 0.621. The molecule has 21 heavy (non-hydrogen) atoms. The number of halogens is 1. The summed E-state index contributed by atoms with van der Waals surface area (Å²) in [7, 11) is 0. The largest absolute Gasteiger partial charge is 0.352 e. The Balaban J connectivity index is 1.61. The molecule has 1 amide bonds. The van der Waals surface area contributed by atoms with Crippen LogP contribution in [0.2, 0.25) is 5.02 Å². The summed E-state index contributed by atoms with van der Waals surface area (Å²) >= 11 is 7.62. The maximum atomic E-state index is 11.9. The highest BCUT2D eigenvalue weighted by Gasteiger charge is 2.21. The molecular weight excluding hydrogens is 304 g/mol. The number of carbonyl (C=O) groups is 1. The number of hydrogen-bond donors (Lipinski definition) is 2. The van der Waals surface area contributed by atoms with Crippen molar-refractivity contribution < 1.29 is 4.79 Å². The predicted molar refractivity (Wildman–Crippen MR) is 90.0 cm³/mol. The zero-order valence-electron chi connectivity index (χ0n) is 12.4. The van der Waals surface area contributed by atoms with E-state index in [0.29, 0.717) is 12.5 Å². The van der Waals surface area contributed by atoms with Gasteiger partial charge in [0.1, 0.15) is 0 Å². The first-order valence-electron chi connectivity index (χ1n) is 7.56. The fourth-order valence-electron chi connectivity index (χ4n) is 2.47. The van der Waals surface area contributed by atoms with Crippen molar-refractivity contribution in [1.29, 1.82) is 0 Å². The van der Waals surface area contributed by atoms with E-state index in [9.17, 15) is 4.79 Å². The van der Waals surface area contributed by atoms with Crippen LogP contribution in [0.3, 0.4) is 0 Å². The summed E-state index contributed by atoms with van der Waals surface area (Å²) in [4.78, 5) is 13.1. The maximum absolute atomic E-state index is 11.9. The molecule has 2 atom stereocenters. The lowest BCUT2D eigenvalue weighted by Gasteiger charge is -2.30. The molecule has 1 aromatic carbocycles. The molecule has 0 aliphatic carbocycles. The summed E-state index contributed by atoms with van der Waals surface area (Å²) in [5.41, 5.74) is 0. The molecule has 2 N–H and O–H groups in total. The number of rotatable bonds is 6. The first kappa shape index (κ1) is 16.7. The van der Waals surface area contributed by atoms with Gasteiger partial charge in [0.25, 0.3) is 0 Å². The van der Waals surface area contributed by atoms with Gasteiger partial charge in [0.15, 0.2) is 0 Å². The minimum absolute atomic E-state index is 0.173. The lowest BCUT2D eigenvalue weighted by atomic mass is 10.00. The van der Waals surface area contributed by atoms with E-state index in [1.165, 1.54) is 4.90 Å². The minimum atomic E-state index is 0.173. The molecule has 1 fully saturated rings. The smallest absolute Gasteiger partial charge is 0.220 e. The van der Waals surface area contributed by atoms with Gasteiger partial charge in [-0.25, -0.2) is 0 Å². The SMILES string of the molecule is CC1NCCCC1NC(=O)CCCSc1ccc(Cl)cc1. The number of carbonyl (C=O) groups excluding carboxylic acids is 1. The van der Waals surface area contributed by atoms with Gasteiger partial charge in [0, 0.05) is 28.4 Å². The normalized spacial score (nSPS) is 22.0. The van der Waals surface area contributed by atoms with Crippen molar-refractivity contribution in [2.24, 2.45) is 0 Å². The molecule has 1 heterocycles. The number of thioether (sulfide) groups is 1. The molecule has 3 nitrogen and oxygen atoms in total. The summed E-state index contributed by atoms with van der Waals surface area (Å²) in [6.45, 7) is 3.20. The average molecular weight is 327 g/mol. The Morgan fingerprint density at radius 1 is 1.43 bits per heavy atom. The van der Waals surface area contributed by atoms with Gasteiger partial charge in [0.2, 0.25) is 5.91 Å². The summed E-state index contributed by atoms with van der Waals surface area (Å²) < 4.78 is 0. The first-order chi connectivity index (χ1) is 10.1. The van der Waals surface area contributed by atoms with Gasteiger partial charge >= 0.3 is 0 Å². The highest BCUT2D eigenvalue weighted by atomic mass is 35.5. The Morgan fingerprint density at radius 2 is 2.19 bits per heavy atom. The fraction of sp³-hybridized carbons (Fsp3) is 0.562. The van der Waals surface area contributed by atoms with Crippen molar-refractivity contribution in [3.05, 3.63) is 29.3 Å². The molecule has 1 aliphatic heterocycles. The number of piperidine rings is 1. The van der Waals surface area contributed by atoms with Gasteiger partial charge in [0.05, 0.1) is 0 Å². The summed E-state index contributed by atoms with van der Waals surface area (Å²) in [5, 5.41) is 7.31. The minimum Gasteiger partial charge on any atom is -0.352 e. The molecule has 5 heteroatoms. The molecule has 0 bridgehead atoms. The lowest BCUT2D eigenvalue weighted by Crippen LogP contribution is -2.51. The Morgan fingerprint density at radius 3 is 2.90 bits per heavy atom. The molecule has 0 aromatic heterocycles. The van der Waals surface area contributed by atoms with Gasteiger partial charge in [-0.15, -0.1) is 11.8 Å². The third-order valence-electron chi connectivity index (χ3n) is 3.74. The van der Waals surface area contributed by atoms with E-state index in [2.05, 4.69) is 17.6 Å². The van der Waals surface area contributed by atoms with Crippen molar-refractivity contribution in [2.45, 2.75) is 49.6 Å². The van der Waals surface area contributed by atoms with Gasteiger partial charge in [-0.2, -0.15) is 0 Å². The monoisotopic (exact) mass is 326 g/mol. The van der Waals surface area contributed by atoms with E-state index in [0.717, 1.165) is 36.6 Å². The number of hydrogen-bond acceptors (Lipinski definition) is 3. The molecule has 0 saturated carbocycles. The van der Waals surface area contributed by atoms with Crippen molar-refractivity contribution in [2.75, 3.05) is 12.3 Å². The summed E-state index contributed by atoms with van der Waals surface area (Å²) in [6, 6.07) is 8.49. The van der Waals surface area contributed by atoms with E-state index in [1.807, 2.05) is 24.3 Å². The molecule has 0 radical (unpaired) electrons. The number of nitrogens with one attached hydrogen (secondary N) is 2. The second-order valence-electron chi connectivity index (χ2n) is 5.46. The van der Waals surface area contributed by atoms with Crippen LogP contribution < -0.4 is 10.6 Å². The van der Waals surface area contributed by atoms with E-state index in [1.54, 1.807) is 11.8 Å². The standard InChI is InChI=1S/C16H23ClN2OS/c1-12-15(4-2-10-18-12)19-16(20)5-3-11-21-14-8-6-13(17)7-9-14/h6-9,12,15,18H,2-5,10-11H2,1H3,(H,19,20). The molecule has 116 valence electrons. The summed E-state index contributed by atoms with van der Waals surface area (Å²) in [5.74, 6) is 1.13. The number of benzene rings is 1. The van der Waals surface area contributed by atoms with Crippen LogP contribution in [0, 0.1) is 0 Å². The van der Waals surface area contributed by atoms with Gasteiger partial charge in [-0.3, -0.25) is 4.79 Å². The molecule has 1 saturated heterocycles. The molecular formula is C16H23ClN2OS. The van der Waals surface area contributed by atoms with E-state index in [-0.39, 0.29) is 11.9 Å². The molecule has 2 rings (SSSR count). The van der Waals surface area contributed by atoms with Crippen molar-refractivity contribution in [1.82, 2.24) is 10.6 Å². The maximum Gasteiger partial charge on any atom is 0.220 e. The first-order valence-corrected chi connectivity index (χ1v) is 8.92. The lowest BCUT2D eigenvalue weighted by molar-refractivity contribution is -0.122. The Bertz CT molecular complexity index is 452. The second kappa shape index (κ2) is 8.66. The number of amides is 1. The van der Waals surface area contributed by atoms with E-state index in [4.69, 9.17) is 11.6 Å². The van der Waals surface area contributed by atoms with Gasteiger partial charge in [-0.05, 0) is 62.7 Å². The van der Waals surface area contributed by atoms with Gasteiger partial charge < -0.3 is 10.6 Å². The third-order valence-corrected chi connectivity index (χ3v) is 5.09. The molecule has 1 aromatic rings.